The summed E-state index contributed by atoms with van der Waals surface area (Å²) in [5, 5.41) is 27.5. The number of nitrogens with one attached hydrogen (secondary N) is 1. The number of alkyl carbamates (subject to hydrolysis) is 1. The number of hydrogen-bond acceptors (Lipinski definition) is 12. The SMILES string of the molecule is CC(OC(=O)OCCCCON(O)O)OC(=O)C(CO)NC(=O)OC(C)(C)C. The van der Waals surface area contributed by atoms with E-state index in [1.165, 1.54) is 6.92 Å². The van der Waals surface area contributed by atoms with Crippen molar-refractivity contribution in [3.05, 3.63) is 0 Å². The van der Waals surface area contributed by atoms with Gasteiger partial charge in [-0.3, -0.25) is 15.3 Å². The third-order valence-corrected chi connectivity index (χ3v) is 2.67. The molecule has 0 heterocycles. The number of unbranched alkanes of at least 4 members (excludes halogenated alkanes) is 1. The first-order valence-electron chi connectivity index (χ1n) is 8.39. The lowest BCUT2D eigenvalue weighted by molar-refractivity contribution is -0.492. The van der Waals surface area contributed by atoms with E-state index in [4.69, 9.17) is 29.4 Å². The molecule has 0 spiro atoms. The largest absolute Gasteiger partial charge is 0.511 e. The van der Waals surface area contributed by atoms with Gasteiger partial charge in [0, 0.05) is 6.92 Å². The van der Waals surface area contributed by atoms with Crippen LogP contribution in [0.15, 0.2) is 0 Å². The van der Waals surface area contributed by atoms with E-state index in [-0.39, 0.29) is 13.2 Å². The number of carbonyl (C=O) groups is 3. The fourth-order valence-electron chi connectivity index (χ4n) is 1.57. The van der Waals surface area contributed by atoms with Crippen molar-refractivity contribution in [2.45, 2.75) is 58.5 Å². The monoisotopic (exact) mass is 412 g/mol. The van der Waals surface area contributed by atoms with Gasteiger partial charge in [0.25, 0.3) is 0 Å². The number of aliphatic hydroxyl groups is 1. The molecule has 1 amide bonds. The van der Waals surface area contributed by atoms with Crippen molar-refractivity contribution in [3.63, 3.8) is 0 Å². The second kappa shape index (κ2) is 13.1. The van der Waals surface area contributed by atoms with Gasteiger partial charge in [0.1, 0.15) is 5.60 Å². The number of aliphatic hydroxyl groups excluding tert-OH is 1. The molecule has 0 saturated heterocycles. The molecule has 28 heavy (non-hydrogen) atoms. The molecule has 0 rings (SSSR count). The summed E-state index contributed by atoms with van der Waals surface area (Å²) in [6.07, 6.45) is -2.65. The fraction of sp³-hybridized carbons (Fsp3) is 0.800. The second-order valence-electron chi connectivity index (χ2n) is 6.40. The smallest absolute Gasteiger partial charge is 0.444 e. The van der Waals surface area contributed by atoms with Gasteiger partial charge in [0.2, 0.25) is 6.29 Å². The Morgan fingerprint density at radius 2 is 1.68 bits per heavy atom. The van der Waals surface area contributed by atoms with Crippen molar-refractivity contribution >= 4 is 18.2 Å². The Bertz CT molecular complexity index is 493. The van der Waals surface area contributed by atoms with E-state index in [9.17, 15) is 19.5 Å². The van der Waals surface area contributed by atoms with Gasteiger partial charge >= 0.3 is 18.2 Å². The molecule has 0 aliphatic carbocycles. The Kier molecular flexibility index (Phi) is 12.0. The van der Waals surface area contributed by atoms with E-state index < -0.39 is 48.1 Å². The number of esters is 1. The van der Waals surface area contributed by atoms with Gasteiger partial charge in [0.05, 0.1) is 25.2 Å². The number of rotatable bonds is 11. The van der Waals surface area contributed by atoms with Gasteiger partial charge in [0.15, 0.2) is 6.04 Å². The number of ether oxygens (including phenoxy) is 4. The highest BCUT2D eigenvalue weighted by Crippen LogP contribution is 2.07. The van der Waals surface area contributed by atoms with Crippen molar-refractivity contribution in [2.24, 2.45) is 0 Å². The van der Waals surface area contributed by atoms with E-state index in [1.54, 1.807) is 20.8 Å². The van der Waals surface area contributed by atoms with E-state index in [2.05, 4.69) is 10.2 Å². The molecule has 13 heteroatoms. The van der Waals surface area contributed by atoms with Crippen LogP contribution < -0.4 is 5.32 Å². The number of amides is 1. The van der Waals surface area contributed by atoms with Gasteiger partial charge < -0.3 is 29.4 Å². The minimum absolute atomic E-state index is 0.00732. The van der Waals surface area contributed by atoms with Crippen molar-refractivity contribution in [1.82, 2.24) is 10.7 Å². The molecule has 0 aliphatic rings. The molecule has 4 N–H and O–H groups in total. The van der Waals surface area contributed by atoms with E-state index in [0.717, 1.165) is 0 Å². The Morgan fingerprint density at radius 1 is 1.07 bits per heavy atom. The summed E-state index contributed by atoms with van der Waals surface area (Å²) in [6.45, 7) is 5.32. The summed E-state index contributed by atoms with van der Waals surface area (Å²) in [5.74, 6) is -1.04. The lowest BCUT2D eigenvalue weighted by atomic mass is 10.2. The lowest BCUT2D eigenvalue weighted by Gasteiger charge is -2.22. The first kappa shape index (κ1) is 25.8. The summed E-state index contributed by atoms with van der Waals surface area (Å²) < 4.78 is 19.2. The van der Waals surface area contributed by atoms with Crippen LogP contribution in [0.2, 0.25) is 0 Å². The predicted octanol–water partition coefficient (Wildman–Crippen LogP) is 0.707. The standard InChI is InChI=1S/C15H28N2O11/c1-10(27-14(21)24-7-5-6-8-25-17(22)23)26-12(19)11(9-18)16-13(20)28-15(2,3)4/h10-11,18,22-23H,5-9H2,1-4H3,(H,16,20). The maximum atomic E-state index is 11.9. The van der Waals surface area contributed by atoms with Crippen LogP contribution in [-0.4, -0.2) is 76.9 Å². The molecular weight excluding hydrogens is 384 g/mol. The predicted molar refractivity (Wildman–Crippen MR) is 88.8 cm³/mol. The Hall–Kier alpha value is -2.19. The fourth-order valence-corrected chi connectivity index (χ4v) is 1.57. The van der Waals surface area contributed by atoms with Crippen LogP contribution in [0, 0.1) is 0 Å². The zero-order valence-electron chi connectivity index (χ0n) is 16.2. The molecule has 164 valence electrons. The highest BCUT2D eigenvalue weighted by atomic mass is 17.1. The summed E-state index contributed by atoms with van der Waals surface area (Å²) >= 11 is 0. The van der Waals surface area contributed by atoms with Gasteiger partial charge in [-0.25, -0.2) is 14.4 Å². The van der Waals surface area contributed by atoms with Crippen molar-refractivity contribution < 1.29 is 53.7 Å². The Labute approximate surface area is 161 Å². The topological polar surface area (TPSA) is 173 Å². The van der Waals surface area contributed by atoms with Crippen LogP contribution in [0.3, 0.4) is 0 Å². The zero-order valence-corrected chi connectivity index (χ0v) is 16.2. The first-order chi connectivity index (χ1) is 12.9. The Balaban J connectivity index is 4.16. The molecule has 2 atom stereocenters. The van der Waals surface area contributed by atoms with Crippen LogP contribution in [0.5, 0.6) is 0 Å². The average molecular weight is 412 g/mol. The average Bonchev–Trinajstić information content (AvgIpc) is 2.53. The summed E-state index contributed by atoms with van der Waals surface area (Å²) in [6, 6.07) is -1.41. The van der Waals surface area contributed by atoms with Crippen LogP contribution in [0.1, 0.15) is 40.5 Å². The van der Waals surface area contributed by atoms with Crippen LogP contribution in [-0.2, 0) is 28.6 Å². The molecule has 2 unspecified atom stereocenters. The molecule has 0 bridgehead atoms. The van der Waals surface area contributed by atoms with E-state index in [0.29, 0.717) is 12.8 Å². The maximum Gasteiger partial charge on any atom is 0.511 e. The molecule has 13 nitrogen and oxygen atoms in total. The van der Waals surface area contributed by atoms with Gasteiger partial charge in [-0.05, 0) is 33.6 Å². The van der Waals surface area contributed by atoms with E-state index in [1.807, 2.05) is 0 Å². The Morgan fingerprint density at radius 3 is 2.21 bits per heavy atom. The van der Waals surface area contributed by atoms with Crippen LogP contribution >= 0.6 is 0 Å². The summed E-state index contributed by atoms with van der Waals surface area (Å²) in [5.41, 5.74) is -0.796. The highest BCUT2D eigenvalue weighted by Gasteiger charge is 2.27. The molecule has 0 aromatic carbocycles. The quantitative estimate of drug-likeness (QED) is 0.123. The molecule has 0 saturated carbocycles. The second-order valence-corrected chi connectivity index (χ2v) is 6.40. The minimum Gasteiger partial charge on any atom is -0.444 e. The van der Waals surface area contributed by atoms with Crippen molar-refractivity contribution in [1.29, 1.82) is 0 Å². The summed E-state index contributed by atoms with van der Waals surface area (Å²) in [4.78, 5) is 39.3. The molecule has 0 fully saturated rings. The number of carbonyl (C=O) groups excluding carboxylic acids is 3. The summed E-state index contributed by atoms with van der Waals surface area (Å²) in [7, 11) is 0. The zero-order chi connectivity index (χ0) is 21.7. The number of nitrogens with zero attached hydrogens (tertiary/aromatic N) is 1. The maximum absolute atomic E-state index is 11.9. The van der Waals surface area contributed by atoms with Crippen molar-refractivity contribution in [3.8, 4) is 0 Å². The van der Waals surface area contributed by atoms with Crippen molar-refractivity contribution in [2.75, 3.05) is 19.8 Å². The van der Waals surface area contributed by atoms with Gasteiger partial charge in [-0.1, -0.05) is 0 Å². The first-order valence-corrected chi connectivity index (χ1v) is 8.39. The van der Waals surface area contributed by atoms with Crippen LogP contribution in [0.4, 0.5) is 9.59 Å². The third kappa shape index (κ3) is 13.9. The molecule has 0 aromatic rings. The molecular formula is C15H28N2O11. The van der Waals surface area contributed by atoms with E-state index >= 15 is 0 Å². The van der Waals surface area contributed by atoms with Crippen LogP contribution in [0.25, 0.3) is 0 Å². The molecule has 0 radical (unpaired) electrons. The molecule has 0 aromatic heterocycles. The van der Waals surface area contributed by atoms with Gasteiger partial charge in [-0.2, -0.15) is 0 Å². The minimum atomic E-state index is -1.41. The third-order valence-electron chi connectivity index (χ3n) is 2.67. The van der Waals surface area contributed by atoms with Gasteiger partial charge in [-0.15, -0.1) is 0 Å². The normalized spacial score (nSPS) is 13.4. The highest BCUT2D eigenvalue weighted by molar-refractivity contribution is 5.81. The molecule has 0 aliphatic heterocycles. The lowest BCUT2D eigenvalue weighted by Crippen LogP contribution is -2.47. The number of hydrogen-bond donors (Lipinski definition) is 4.